The Morgan fingerprint density at radius 2 is 1.81 bits per heavy atom. The van der Waals surface area contributed by atoms with Crippen molar-refractivity contribution in [3.8, 4) is 0 Å². The number of likely N-dealkylation sites (tertiary alicyclic amines) is 1. The first-order valence-electron chi connectivity index (χ1n) is 11.1. The topological polar surface area (TPSA) is 67.6 Å². The molecule has 2 aromatic rings. The van der Waals surface area contributed by atoms with E-state index in [1.165, 1.54) is 11.0 Å². The summed E-state index contributed by atoms with van der Waals surface area (Å²) in [6, 6.07) is 2.35. The molecule has 0 bridgehead atoms. The second kappa shape index (κ2) is 7.56. The summed E-state index contributed by atoms with van der Waals surface area (Å²) in [7, 11) is 0. The first kappa shape index (κ1) is 22.7. The lowest BCUT2D eigenvalue weighted by molar-refractivity contribution is -0.142. The van der Waals surface area contributed by atoms with Gasteiger partial charge in [-0.05, 0) is 38.7 Å². The molecule has 0 spiro atoms. The number of nitrogens with zero attached hydrogens (tertiary/aromatic N) is 4. The number of hydrogen-bond donors (Lipinski definition) is 0. The minimum Gasteiger partial charge on any atom is -0.325 e. The second-order valence-electron chi connectivity index (χ2n) is 10.3. The Kier molecular flexibility index (Phi) is 5.37. The first-order valence-corrected chi connectivity index (χ1v) is 11.1. The maximum absolute atomic E-state index is 13.8. The monoisotopic (exact) mass is 450 g/mol. The number of carbonyl (C=O) groups is 2. The predicted octanol–water partition coefficient (Wildman–Crippen LogP) is 4.70. The molecular formula is C23H29F3N4O2. The van der Waals surface area contributed by atoms with Gasteiger partial charge in [0.15, 0.2) is 17.1 Å². The van der Waals surface area contributed by atoms with E-state index in [0.29, 0.717) is 35.5 Å². The molecule has 1 amide bonds. The third kappa shape index (κ3) is 3.90. The number of aromatic nitrogens is 3. The van der Waals surface area contributed by atoms with Crippen molar-refractivity contribution in [1.29, 1.82) is 0 Å². The van der Waals surface area contributed by atoms with Gasteiger partial charge in [0.2, 0.25) is 0 Å². The number of ketones is 1. The van der Waals surface area contributed by atoms with Crippen molar-refractivity contribution < 1.29 is 22.8 Å². The van der Waals surface area contributed by atoms with Gasteiger partial charge in [-0.1, -0.05) is 39.5 Å². The van der Waals surface area contributed by atoms with E-state index in [4.69, 9.17) is 0 Å². The molecule has 0 atom stereocenters. The third-order valence-electron chi connectivity index (χ3n) is 7.01. The molecule has 1 aliphatic carbocycles. The molecule has 0 aromatic carbocycles. The molecule has 1 aliphatic heterocycles. The van der Waals surface area contributed by atoms with Gasteiger partial charge < -0.3 is 4.90 Å². The number of fused-ring (bicyclic) bond motifs is 1. The van der Waals surface area contributed by atoms with E-state index in [9.17, 15) is 22.8 Å². The zero-order valence-electron chi connectivity index (χ0n) is 18.9. The lowest BCUT2D eigenvalue weighted by atomic mass is 9.72. The Bertz CT molecular complexity index is 1070. The van der Waals surface area contributed by atoms with Crippen LogP contribution in [0.4, 0.5) is 13.2 Å². The summed E-state index contributed by atoms with van der Waals surface area (Å²) in [5, 5.41) is 3.99. The van der Waals surface area contributed by atoms with Crippen molar-refractivity contribution in [3.05, 3.63) is 29.2 Å². The van der Waals surface area contributed by atoms with Crippen LogP contribution >= 0.6 is 0 Å². The highest BCUT2D eigenvalue weighted by Gasteiger charge is 2.49. The number of rotatable bonds is 3. The zero-order valence-corrected chi connectivity index (χ0v) is 18.9. The van der Waals surface area contributed by atoms with Gasteiger partial charge in [-0.25, -0.2) is 9.50 Å². The van der Waals surface area contributed by atoms with E-state index >= 15 is 0 Å². The van der Waals surface area contributed by atoms with Crippen LogP contribution in [0.15, 0.2) is 12.1 Å². The third-order valence-corrected chi connectivity index (χ3v) is 7.01. The summed E-state index contributed by atoms with van der Waals surface area (Å²) in [5.74, 6) is -0.310. The Morgan fingerprint density at radius 1 is 1.16 bits per heavy atom. The van der Waals surface area contributed by atoms with E-state index in [-0.39, 0.29) is 17.1 Å². The Hall–Kier alpha value is -2.45. The predicted molar refractivity (Wildman–Crippen MR) is 112 cm³/mol. The maximum Gasteiger partial charge on any atom is 0.433 e. The summed E-state index contributed by atoms with van der Waals surface area (Å²) in [6.07, 6.45) is 0.485. The van der Waals surface area contributed by atoms with Crippen LogP contribution in [0, 0.1) is 11.3 Å². The van der Waals surface area contributed by atoms with E-state index < -0.39 is 28.7 Å². The SMILES string of the molecule is CC1(C)CCN(C(=O)c2cc3nc(CC4CCCC4)cc(C(F)(F)F)n3n2)C(C)(C)C1=O. The molecule has 0 unspecified atom stereocenters. The van der Waals surface area contributed by atoms with E-state index in [1.807, 2.05) is 13.8 Å². The van der Waals surface area contributed by atoms with Crippen molar-refractivity contribution in [2.75, 3.05) is 6.54 Å². The standard InChI is InChI=1S/C23H29F3N4O2/c1-21(2)9-10-29(22(3,4)20(21)32)19(31)16-13-18-27-15(11-14-7-5-6-8-14)12-17(23(24,25)26)30(18)28-16/h12-14H,5-11H2,1-4H3. The Balaban J connectivity index is 1.72. The van der Waals surface area contributed by atoms with E-state index in [0.717, 1.165) is 31.7 Å². The molecule has 3 heterocycles. The van der Waals surface area contributed by atoms with Gasteiger partial charge in [-0.15, -0.1) is 0 Å². The van der Waals surface area contributed by atoms with Crippen LogP contribution in [0.3, 0.4) is 0 Å². The number of amides is 1. The summed E-state index contributed by atoms with van der Waals surface area (Å²) >= 11 is 0. The molecule has 4 rings (SSSR count). The molecule has 2 aliphatic rings. The molecule has 2 fully saturated rings. The van der Waals surface area contributed by atoms with Gasteiger partial charge in [-0.2, -0.15) is 18.3 Å². The number of halogens is 3. The lowest BCUT2D eigenvalue weighted by Gasteiger charge is -2.47. The first-order chi connectivity index (χ1) is 14.8. The molecule has 0 N–H and O–H groups in total. The van der Waals surface area contributed by atoms with Gasteiger partial charge in [0.25, 0.3) is 5.91 Å². The molecule has 1 saturated carbocycles. The van der Waals surface area contributed by atoms with Gasteiger partial charge in [-0.3, -0.25) is 9.59 Å². The number of Topliss-reactive ketones (excluding diaryl/α,β-unsaturated/α-hetero) is 1. The van der Waals surface area contributed by atoms with Crippen LogP contribution < -0.4 is 0 Å². The summed E-state index contributed by atoms with van der Waals surface area (Å²) in [4.78, 5) is 32.0. The highest BCUT2D eigenvalue weighted by Crippen LogP contribution is 2.37. The number of alkyl halides is 3. The minimum absolute atomic E-state index is 0.00218. The Morgan fingerprint density at radius 3 is 2.44 bits per heavy atom. The average molecular weight is 451 g/mol. The fraction of sp³-hybridized carbons (Fsp3) is 0.652. The van der Waals surface area contributed by atoms with Crippen molar-refractivity contribution in [3.63, 3.8) is 0 Å². The molecular weight excluding hydrogens is 421 g/mol. The van der Waals surface area contributed by atoms with Crippen LogP contribution in [0.1, 0.15) is 81.7 Å². The summed E-state index contributed by atoms with van der Waals surface area (Å²) in [6.45, 7) is 7.35. The summed E-state index contributed by atoms with van der Waals surface area (Å²) < 4.78 is 42.1. The van der Waals surface area contributed by atoms with Crippen molar-refractivity contribution in [2.24, 2.45) is 11.3 Å². The molecule has 2 aromatic heterocycles. The van der Waals surface area contributed by atoms with E-state index in [2.05, 4.69) is 10.1 Å². The smallest absolute Gasteiger partial charge is 0.325 e. The molecule has 9 heteroatoms. The van der Waals surface area contributed by atoms with Crippen LogP contribution in [0.25, 0.3) is 5.65 Å². The molecule has 0 radical (unpaired) electrons. The van der Waals surface area contributed by atoms with E-state index in [1.54, 1.807) is 13.8 Å². The highest BCUT2D eigenvalue weighted by atomic mass is 19.4. The lowest BCUT2D eigenvalue weighted by Crippen LogP contribution is -2.61. The number of carbonyl (C=O) groups excluding carboxylic acids is 2. The van der Waals surface area contributed by atoms with Crippen molar-refractivity contribution >= 4 is 17.3 Å². The highest BCUT2D eigenvalue weighted by molar-refractivity contribution is 6.01. The van der Waals surface area contributed by atoms with Crippen LogP contribution in [-0.2, 0) is 17.4 Å². The largest absolute Gasteiger partial charge is 0.433 e. The van der Waals surface area contributed by atoms with Crippen LogP contribution in [0.2, 0.25) is 0 Å². The normalized spacial score (nSPS) is 21.5. The van der Waals surface area contributed by atoms with Crippen molar-refractivity contribution in [1.82, 2.24) is 19.5 Å². The molecule has 32 heavy (non-hydrogen) atoms. The second-order valence-corrected chi connectivity index (χ2v) is 10.3. The Labute approximate surface area is 185 Å². The van der Waals surface area contributed by atoms with Crippen LogP contribution in [0.5, 0.6) is 0 Å². The average Bonchev–Trinajstić information content (AvgIpc) is 3.34. The maximum atomic E-state index is 13.8. The van der Waals surface area contributed by atoms with Gasteiger partial charge in [0, 0.05) is 23.7 Å². The van der Waals surface area contributed by atoms with Crippen molar-refractivity contribution in [2.45, 2.75) is 77.9 Å². The molecule has 1 saturated heterocycles. The molecule has 174 valence electrons. The van der Waals surface area contributed by atoms with Gasteiger partial charge in [0.05, 0.1) is 5.54 Å². The summed E-state index contributed by atoms with van der Waals surface area (Å²) in [5.41, 5.74) is -2.36. The quantitative estimate of drug-likeness (QED) is 0.680. The number of hydrogen-bond acceptors (Lipinski definition) is 4. The molecule has 6 nitrogen and oxygen atoms in total. The fourth-order valence-electron chi connectivity index (χ4n) is 5.18. The number of piperidine rings is 1. The fourth-order valence-corrected chi connectivity index (χ4v) is 5.18. The van der Waals surface area contributed by atoms with Crippen LogP contribution in [-0.4, -0.2) is 43.3 Å². The zero-order chi connectivity index (χ0) is 23.5. The van der Waals surface area contributed by atoms with Gasteiger partial charge >= 0.3 is 6.18 Å². The van der Waals surface area contributed by atoms with Gasteiger partial charge in [0.1, 0.15) is 5.69 Å². The minimum atomic E-state index is -4.64.